The lowest BCUT2D eigenvalue weighted by Crippen LogP contribution is -2.57. The van der Waals surface area contributed by atoms with Gasteiger partial charge in [0, 0.05) is 38.3 Å². The zero-order valence-corrected chi connectivity index (χ0v) is 19.5. The highest BCUT2D eigenvalue weighted by atomic mass is 32.2. The third-order valence-electron chi connectivity index (χ3n) is 6.86. The molecule has 3 aliphatic heterocycles. The molecule has 0 aliphatic carbocycles. The van der Waals surface area contributed by atoms with Crippen LogP contribution in [0.25, 0.3) is 0 Å². The van der Waals surface area contributed by atoms with Gasteiger partial charge in [0.2, 0.25) is 10.0 Å². The van der Waals surface area contributed by atoms with Gasteiger partial charge in [-0.15, -0.1) is 0 Å². The van der Waals surface area contributed by atoms with E-state index >= 15 is 0 Å². The fourth-order valence-corrected chi connectivity index (χ4v) is 7.69. The molecule has 3 N–H and O–H groups in total. The molecule has 2 saturated heterocycles. The molecule has 3 aliphatic rings. The first kappa shape index (κ1) is 22.9. The van der Waals surface area contributed by atoms with Crippen LogP contribution in [-0.4, -0.2) is 71.1 Å². The van der Waals surface area contributed by atoms with Crippen LogP contribution in [0.15, 0.2) is 18.2 Å². The molecule has 0 saturated carbocycles. The molecule has 31 heavy (non-hydrogen) atoms. The third-order valence-corrected chi connectivity index (χ3v) is 9.44. The largest absolute Gasteiger partial charge is 0.497 e. The number of nitrogens with one attached hydrogen (secondary N) is 1. The summed E-state index contributed by atoms with van der Waals surface area (Å²) < 4.78 is 57.6. The van der Waals surface area contributed by atoms with Gasteiger partial charge in [-0.1, -0.05) is 6.07 Å². The van der Waals surface area contributed by atoms with Crippen molar-refractivity contribution in [3.8, 4) is 5.75 Å². The predicted molar refractivity (Wildman–Crippen MR) is 118 cm³/mol. The van der Waals surface area contributed by atoms with E-state index in [0.29, 0.717) is 12.5 Å². The van der Waals surface area contributed by atoms with Crippen molar-refractivity contribution < 1.29 is 21.6 Å². The lowest BCUT2D eigenvalue weighted by Gasteiger charge is -2.51. The summed E-state index contributed by atoms with van der Waals surface area (Å²) in [6.45, 7) is 2.46. The molecule has 4 rings (SSSR count). The zero-order chi connectivity index (χ0) is 22.2. The van der Waals surface area contributed by atoms with Crippen LogP contribution in [0, 0.1) is 5.92 Å². The van der Waals surface area contributed by atoms with Gasteiger partial charge >= 0.3 is 0 Å². The molecule has 0 aromatic heterocycles. The molecule has 3 heterocycles. The number of hydrogen-bond donors (Lipinski definition) is 2. The number of methoxy groups -OCH3 is 1. The third kappa shape index (κ3) is 5.07. The summed E-state index contributed by atoms with van der Waals surface area (Å²) in [7, 11) is -5.63. The molecule has 1 aromatic carbocycles. The van der Waals surface area contributed by atoms with Gasteiger partial charge in [0.25, 0.3) is 10.2 Å². The Labute approximate surface area is 185 Å². The minimum Gasteiger partial charge on any atom is -0.497 e. The van der Waals surface area contributed by atoms with E-state index in [1.165, 1.54) is 11.1 Å². The van der Waals surface area contributed by atoms with Gasteiger partial charge in [0.15, 0.2) is 0 Å². The van der Waals surface area contributed by atoms with Gasteiger partial charge in [-0.3, -0.25) is 4.90 Å². The van der Waals surface area contributed by atoms with Crippen LogP contribution in [-0.2, 0) is 26.7 Å². The first-order chi connectivity index (χ1) is 14.7. The highest BCUT2D eigenvalue weighted by Gasteiger charge is 2.45. The van der Waals surface area contributed by atoms with E-state index in [4.69, 9.17) is 9.88 Å². The van der Waals surface area contributed by atoms with Crippen LogP contribution in [0.1, 0.15) is 42.9 Å². The van der Waals surface area contributed by atoms with Crippen LogP contribution in [0.4, 0.5) is 0 Å². The second-order valence-electron chi connectivity index (χ2n) is 8.75. The molecule has 0 bridgehead atoms. The van der Waals surface area contributed by atoms with Gasteiger partial charge in [-0.25, -0.2) is 18.3 Å². The average Bonchev–Trinajstić information content (AvgIpc) is 2.73. The topological polar surface area (TPSA) is 122 Å². The maximum absolute atomic E-state index is 13.2. The Kier molecular flexibility index (Phi) is 6.62. The smallest absolute Gasteiger partial charge is 0.274 e. The number of fused-ring (bicyclic) bond motifs is 4. The summed E-state index contributed by atoms with van der Waals surface area (Å²) in [6, 6.07) is 6.40. The molecular weight excluding hydrogens is 440 g/mol. The predicted octanol–water partition coefficient (Wildman–Crippen LogP) is 0.592. The molecule has 0 spiro atoms. The van der Waals surface area contributed by atoms with E-state index in [9.17, 15) is 16.8 Å². The molecule has 2 fully saturated rings. The minimum atomic E-state index is -3.81. The zero-order valence-electron chi connectivity index (χ0n) is 17.9. The van der Waals surface area contributed by atoms with E-state index in [-0.39, 0.29) is 30.8 Å². The van der Waals surface area contributed by atoms with Crippen LogP contribution in [0.3, 0.4) is 0 Å². The standard InChI is InChI=1S/C20H32N4O5S2/c1-29-17-6-5-15-7-10-23-14-16-4-2-9-24(19(16)13-20(23)18(15)12-17)30(25,26)11-3-8-22-31(21,27)28/h5-6,12,16,19-20,22H,2-4,7-11,13-14H2,1H3,(H2,21,27,28)/t16-,19+,20+/m1/s1. The number of ether oxygens (including phenoxy) is 1. The van der Waals surface area contributed by atoms with Crippen molar-refractivity contribution in [2.45, 2.75) is 44.2 Å². The number of sulfonamides is 1. The Hall–Kier alpha value is -1.24. The van der Waals surface area contributed by atoms with Crippen molar-refractivity contribution in [1.29, 1.82) is 0 Å². The van der Waals surface area contributed by atoms with E-state index in [2.05, 4.69) is 21.8 Å². The maximum atomic E-state index is 13.2. The molecule has 11 heteroatoms. The fraction of sp³-hybridized carbons (Fsp3) is 0.700. The average molecular weight is 473 g/mol. The van der Waals surface area contributed by atoms with Gasteiger partial charge in [-0.05, 0) is 61.3 Å². The van der Waals surface area contributed by atoms with Gasteiger partial charge in [0.1, 0.15) is 5.75 Å². The number of piperidine rings is 2. The quantitative estimate of drug-likeness (QED) is 0.560. The summed E-state index contributed by atoms with van der Waals surface area (Å²) in [5, 5.41) is 4.93. The monoisotopic (exact) mass is 472 g/mol. The molecule has 1 aromatic rings. The first-order valence-corrected chi connectivity index (χ1v) is 14.0. The molecule has 0 radical (unpaired) electrons. The Bertz CT molecular complexity index is 1010. The normalized spacial score (nSPS) is 27.2. The molecule has 0 amide bonds. The van der Waals surface area contributed by atoms with E-state index in [1.54, 1.807) is 11.4 Å². The number of nitrogens with two attached hydrogens (primary N) is 1. The lowest BCUT2D eigenvalue weighted by atomic mass is 9.77. The van der Waals surface area contributed by atoms with E-state index in [0.717, 1.165) is 44.5 Å². The Balaban J connectivity index is 1.51. The highest BCUT2D eigenvalue weighted by molar-refractivity contribution is 7.89. The van der Waals surface area contributed by atoms with Crippen molar-refractivity contribution in [2.24, 2.45) is 11.1 Å². The van der Waals surface area contributed by atoms with Crippen LogP contribution in [0.5, 0.6) is 5.75 Å². The van der Waals surface area contributed by atoms with Crippen molar-refractivity contribution in [3.05, 3.63) is 29.3 Å². The van der Waals surface area contributed by atoms with Crippen LogP contribution < -0.4 is 14.6 Å². The minimum absolute atomic E-state index is 0.0174. The number of nitrogens with zero attached hydrogens (tertiary/aromatic N) is 2. The highest BCUT2D eigenvalue weighted by Crippen LogP contribution is 2.44. The van der Waals surface area contributed by atoms with E-state index in [1.807, 2.05) is 6.07 Å². The molecule has 3 atom stereocenters. The first-order valence-electron chi connectivity index (χ1n) is 10.9. The molecule has 0 unspecified atom stereocenters. The van der Waals surface area contributed by atoms with Crippen LogP contribution >= 0.6 is 0 Å². The molecular formula is C20H32N4O5S2. The fourth-order valence-electron chi connectivity index (χ4n) is 5.44. The summed E-state index contributed by atoms with van der Waals surface area (Å²) in [4.78, 5) is 2.51. The summed E-state index contributed by atoms with van der Waals surface area (Å²) >= 11 is 0. The van der Waals surface area contributed by atoms with Gasteiger partial charge in [0.05, 0.1) is 12.9 Å². The number of rotatable bonds is 7. The van der Waals surface area contributed by atoms with Crippen molar-refractivity contribution in [3.63, 3.8) is 0 Å². The Morgan fingerprint density at radius 2 is 2.03 bits per heavy atom. The summed E-state index contributed by atoms with van der Waals surface area (Å²) in [6.07, 6.45) is 3.88. The lowest BCUT2D eigenvalue weighted by molar-refractivity contribution is 0.0219. The second-order valence-corrected chi connectivity index (χ2v) is 12.2. The number of benzene rings is 1. The van der Waals surface area contributed by atoms with Crippen LogP contribution in [0.2, 0.25) is 0 Å². The Morgan fingerprint density at radius 3 is 2.77 bits per heavy atom. The van der Waals surface area contributed by atoms with Crippen molar-refractivity contribution >= 4 is 20.2 Å². The maximum Gasteiger partial charge on any atom is 0.274 e. The second kappa shape index (κ2) is 8.95. The van der Waals surface area contributed by atoms with Crippen molar-refractivity contribution in [2.75, 3.05) is 39.0 Å². The molecule has 9 nitrogen and oxygen atoms in total. The summed E-state index contributed by atoms with van der Waals surface area (Å²) in [5.41, 5.74) is 2.57. The molecule has 174 valence electrons. The van der Waals surface area contributed by atoms with Gasteiger partial charge in [-0.2, -0.15) is 12.7 Å². The van der Waals surface area contributed by atoms with Crippen molar-refractivity contribution in [1.82, 2.24) is 13.9 Å². The summed E-state index contributed by atoms with van der Waals surface area (Å²) in [5.74, 6) is 1.07. The van der Waals surface area contributed by atoms with Gasteiger partial charge < -0.3 is 4.74 Å². The SMILES string of the molecule is COc1ccc2c(c1)[C@@H]1C[C@H]3[C@H](CCCN3S(=O)(=O)CCCNS(N)(=O)=O)CN1CC2. The van der Waals surface area contributed by atoms with E-state index < -0.39 is 20.2 Å². The number of hydrogen-bond acceptors (Lipinski definition) is 6. The Morgan fingerprint density at radius 1 is 1.23 bits per heavy atom.